The highest BCUT2D eigenvalue weighted by atomic mass is 16.6. The summed E-state index contributed by atoms with van der Waals surface area (Å²) in [5, 5.41) is 0. The molecule has 2 fully saturated rings. The fourth-order valence-electron chi connectivity index (χ4n) is 3.23. The molecule has 3 rings (SSSR count). The van der Waals surface area contributed by atoms with Gasteiger partial charge in [-0.2, -0.15) is 0 Å². The first kappa shape index (κ1) is 11.7. The molecule has 0 bridgehead atoms. The lowest BCUT2D eigenvalue weighted by Crippen LogP contribution is -2.22. The predicted molar refractivity (Wildman–Crippen MR) is 67.9 cm³/mol. The molecule has 0 N–H and O–H groups in total. The van der Waals surface area contributed by atoms with E-state index in [0.29, 0.717) is 18.3 Å². The lowest BCUT2D eigenvalue weighted by atomic mass is 9.82. The topological polar surface area (TPSA) is 25.1 Å². The Balaban J connectivity index is 1.77. The zero-order chi connectivity index (χ0) is 12.3. The van der Waals surface area contributed by atoms with Crippen molar-refractivity contribution in [3.05, 3.63) is 11.6 Å². The summed E-state index contributed by atoms with van der Waals surface area (Å²) < 4.78 is 11.8. The summed E-state index contributed by atoms with van der Waals surface area (Å²) in [5.74, 6) is 0. The number of hydrogen-bond donors (Lipinski definition) is 0. The van der Waals surface area contributed by atoms with Gasteiger partial charge < -0.3 is 9.47 Å². The minimum atomic E-state index is 0.111. The SMILES string of the molecule is CC1=CCC(C)(C)C2OC2CC2(C)OC2CC1. The summed E-state index contributed by atoms with van der Waals surface area (Å²) in [6, 6.07) is 0. The van der Waals surface area contributed by atoms with Gasteiger partial charge in [0, 0.05) is 6.42 Å². The average Bonchev–Trinajstić information content (AvgIpc) is 3.11. The summed E-state index contributed by atoms with van der Waals surface area (Å²) in [5.41, 5.74) is 1.90. The Morgan fingerprint density at radius 3 is 2.82 bits per heavy atom. The van der Waals surface area contributed by atoms with Crippen LogP contribution < -0.4 is 0 Å². The van der Waals surface area contributed by atoms with Gasteiger partial charge in [0.15, 0.2) is 0 Å². The van der Waals surface area contributed by atoms with Gasteiger partial charge in [-0.25, -0.2) is 0 Å². The van der Waals surface area contributed by atoms with Gasteiger partial charge in [0.25, 0.3) is 0 Å². The number of fused-ring (bicyclic) bond motifs is 2. The molecule has 17 heavy (non-hydrogen) atoms. The first-order chi connectivity index (χ1) is 7.91. The van der Waals surface area contributed by atoms with Crippen molar-refractivity contribution in [2.24, 2.45) is 5.41 Å². The van der Waals surface area contributed by atoms with E-state index in [1.165, 1.54) is 18.4 Å². The van der Waals surface area contributed by atoms with E-state index >= 15 is 0 Å². The largest absolute Gasteiger partial charge is 0.369 e. The van der Waals surface area contributed by atoms with Gasteiger partial charge in [0.05, 0.1) is 23.9 Å². The molecule has 0 spiro atoms. The second-order valence-electron chi connectivity index (χ2n) is 7.00. The van der Waals surface area contributed by atoms with Gasteiger partial charge in [0.2, 0.25) is 0 Å². The number of rotatable bonds is 0. The van der Waals surface area contributed by atoms with Crippen molar-refractivity contribution in [2.45, 2.75) is 77.3 Å². The highest BCUT2D eigenvalue weighted by Gasteiger charge is 2.59. The van der Waals surface area contributed by atoms with Gasteiger partial charge in [-0.05, 0) is 38.5 Å². The monoisotopic (exact) mass is 236 g/mol. The van der Waals surface area contributed by atoms with E-state index in [4.69, 9.17) is 9.47 Å². The highest BCUT2D eigenvalue weighted by Crippen LogP contribution is 2.51. The third-order valence-electron chi connectivity index (χ3n) is 4.77. The lowest BCUT2D eigenvalue weighted by Gasteiger charge is -2.21. The van der Waals surface area contributed by atoms with Crippen LogP contribution in [0.3, 0.4) is 0 Å². The third kappa shape index (κ3) is 2.17. The molecular formula is C15H24O2. The van der Waals surface area contributed by atoms with Crippen LogP contribution in [0.4, 0.5) is 0 Å². The van der Waals surface area contributed by atoms with E-state index < -0.39 is 0 Å². The Kier molecular flexibility index (Phi) is 2.47. The van der Waals surface area contributed by atoms with Crippen LogP contribution in [0.25, 0.3) is 0 Å². The molecule has 1 aliphatic carbocycles. The standard InChI is InChI=1S/C15H24O2/c1-10-5-6-12-15(4,17-12)9-11-13(16-11)14(2,3)8-7-10/h7,11-13H,5-6,8-9H2,1-4H3. The normalized spacial score (nSPS) is 48.2. The van der Waals surface area contributed by atoms with Crippen LogP contribution in [0.2, 0.25) is 0 Å². The molecule has 0 aromatic rings. The van der Waals surface area contributed by atoms with E-state index in [-0.39, 0.29) is 11.0 Å². The molecular weight excluding hydrogens is 212 g/mol. The molecule has 3 aliphatic rings. The maximum absolute atomic E-state index is 5.89. The Bertz CT molecular complexity index is 358. The predicted octanol–water partition coefficient (Wildman–Crippen LogP) is 3.46. The average molecular weight is 236 g/mol. The van der Waals surface area contributed by atoms with E-state index in [1.54, 1.807) is 0 Å². The van der Waals surface area contributed by atoms with Crippen molar-refractivity contribution in [3.8, 4) is 0 Å². The number of hydrogen-bond acceptors (Lipinski definition) is 2. The van der Waals surface area contributed by atoms with E-state index in [0.717, 1.165) is 12.8 Å². The second-order valence-corrected chi connectivity index (χ2v) is 7.00. The first-order valence-corrected chi connectivity index (χ1v) is 6.90. The van der Waals surface area contributed by atoms with Crippen molar-refractivity contribution < 1.29 is 9.47 Å². The maximum Gasteiger partial charge on any atom is 0.0946 e. The summed E-state index contributed by atoms with van der Waals surface area (Å²) in [4.78, 5) is 0. The minimum absolute atomic E-state index is 0.111. The van der Waals surface area contributed by atoms with Crippen LogP contribution in [-0.4, -0.2) is 23.9 Å². The maximum atomic E-state index is 5.89. The van der Waals surface area contributed by atoms with Crippen LogP contribution >= 0.6 is 0 Å². The van der Waals surface area contributed by atoms with Crippen LogP contribution in [0.1, 0.15) is 53.4 Å². The third-order valence-corrected chi connectivity index (χ3v) is 4.77. The molecule has 96 valence electrons. The molecule has 0 aromatic carbocycles. The fourth-order valence-corrected chi connectivity index (χ4v) is 3.23. The Hall–Kier alpha value is -0.340. The van der Waals surface area contributed by atoms with Crippen molar-refractivity contribution >= 4 is 0 Å². The van der Waals surface area contributed by atoms with Gasteiger partial charge in [0.1, 0.15) is 0 Å². The molecule has 2 nitrogen and oxygen atoms in total. The van der Waals surface area contributed by atoms with E-state index in [1.807, 2.05) is 0 Å². The van der Waals surface area contributed by atoms with Crippen molar-refractivity contribution in [2.75, 3.05) is 0 Å². The molecule has 0 amide bonds. The Morgan fingerprint density at radius 2 is 2.06 bits per heavy atom. The number of ether oxygens (including phenoxy) is 2. The highest BCUT2D eigenvalue weighted by molar-refractivity contribution is 5.12. The second kappa shape index (κ2) is 3.58. The summed E-state index contributed by atoms with van der Waals surface area (Å²) in [6.45, 7) is 9.15. The van der Waals surface area contributed by atoms with Crippen molar-refractivity contribution in [3.63, 3.8) is 0 Å². The van der Waals surface area contributed by atoms with Gasteiger partial charge in [-0.3, -0.25) is 0 Å². The zero-order valence-corrected chi connectivity index (χ0v) is 11.5. The number of epoxide rings is 2. The summed E-state index contributed by atoms with van der Waals surface area (Å²) >= 11 is 0. The van der Waals surface area contributed by atoms with Gasteiger partial charge >= 0.3 is 0 Å². The lowest BCUT2D eigenvalue weighted by molar-refractivity contribution is 0.235. The number of allylic oxidation sites excluding steroid dienone is 2. The summed E-state index contributed by atoms with van der Waals surface area (Å²) in [7, 11) is 0. The molecule has 4 unspecified atom stereocenters. The van der Waals surface area contributed by atoms with Gasteiger partial charge in [-0.1, -0.05) is 25.5 Å². The smallest absolute Gasteiger partial charge is 0.0946 e. The molecule has 2 heteroatoms. The molecule has 0 radical (unpaired) electrons. The van der Waals surface area contributed by atoms with Crippen LogP contribution in [0.5, 0.6) is 0 Å². The zero-order valence-electron chi connectivity index (χ0n) is 11.5. The quantitative estimate of drug-likeness (QED) is 0.475. The first-order valence-electron chi connectivity index (χ1n) is 6.90. The molecule has 2 saturated heterocycles. The van der Waals surface area contributed by atoms with Crippen LogP contribution in [-0.2, 0) is 9.47 Å². The summed E-state index contributed by atoms with van der Waals surface area (Å²) in [6.07, 6.45) is 8.34. The van der Waals surface area contributed by atoms with Crippen LogP contribution in [0.15, 0.2) is 11.6 Å². The van der Waals surface area contributed by atoms with Gasteiger partial charge in [-0.15, -0.1) is 0 Å². The molecule has 2 aliphatic heterocycles. The van der Waals surface area contributed by atoms with E-state index in [2.05, 4.69) is 33.8 Å². The van der Waals surface area contributed by atoms with E-state index in [9.17, 15) is 0 Å². The molecule has 0 saturated carbocycles. The molecule has 0 aromatic heterocycles. The fraction of sp³-hybridized carbons (Fsp3) is 0.867. The molecule has 4 atom stereocenters. The minimum Gasteiger partial charge on any atom is -0.369 e. The Morgan fingerprint density at radius 1 is 1.29 bits per heavy atom. The van der Waals surface area contributed by atoms with Crippen LogP contribution in [0, 0.1) is 5.41 Å². The Labute approximate surface area is 104 Å². The van der Waals surface area contributed by atoms with Crippen molar-refractivity contribution in [1.29, 1.82) is 0 Å². The molecule has 2 heterocycles. The van der Waals surface area contributed by atoms with Crippen molar-refractivity contribution in [1.82, 2.24) is 0 Å².